The van der Waals surface area contributed by atoms with Gasteiger partial charge >= 0.3 is 6.18 Å². The molecule has 2 unspecified atom stereocenters. The van der Waals surface area contributed by atoms with Crippen LogP contribution in [0.3, 0.4) is 0 Å². The van der Waals surface area contributed by atoms with Crippen molar-refractivity contribution in [3.8, 4) is 11.8 Å². The average Bonchev–Trinajstić information content (AvgIpc) is 3.41. The third-order valence-electron chi connectivity index (χ3n) is 8.40. The molecule has 6 rings (SSSR count). The number of nitriles is 1. The van der Waals surface area contributed by atoms with Crippen LogP contribution < -0.4 is 20.5 Å². The molecule has 1 aromatic heterocycles. The van der Waals surface area contributed by atoms with Gasteiger partial charge in [0.25, 0.3) is 5.91 Å². The molecule has 0 saturated carbocycles. The molecule has 13 heteroatoms. The van der Waals surface area contributed by atoms with E-state index in [1.807, 2.05) is 29.2 Å². The minimum Gasteiger partial charge on any atom is -0.492 e. The average molecular weight is 606 g/mol. The maximum absolute atomic E-state index is 14.0. The molecule has 10 nitrogen and oxygen atoms in total. The number of amides is 2. The lowest BCUT2D eigenvalue weighted by atomic mass is 9.94. The topological polar surface area (TPSA) is 114 Å². The number of rotatable bonds is 6. The Morgan fingerprint density at radius 2 is 1.86 bits per heavy atom. The monoisotopic (exact) mass is 605 g/mol. The number of fused-ring (bicyclic) bond motifs is 1. The number of nitrogens with zero attached hydrogens (tertiary/aromatic N) is 5. The zero-order valence-electron chi connectivity index (χ0n) is 23.6. The minimum atomic E-state index is -4.72. The first-order valence-corrected chi connectivity index (χ1v) is 14.3. The van der Waals surface area contributed by atoms with Gasteiger partial charge in [0.1, 0.15) is 24.2 Å². The van der Waals surface area contributed by atoms with E-state index in [1.54, 1.807) is 52.4 Å². The molecule has 0 spiro atoms. The van der Waals surface area contributed by atoms with Gasteiger partial charge in [0.15, 0.2) is 5.92 Å². The molecular formula is C31H30F3N7O3. The maximum atomic E-state index is 14.0. The lowest BCUT2D eigenvalue weighted by molar-refractivity contribution is -0.202. The molecule has 2 N–H and O–H groups in total. The van der Waals surface area contributed by atoms with Gasteiger partial charge in [0.05, 0.1) is 11.6 Å². The summed E-state index contributed by atoms with van der Waals surface area (Å²) >= 11 is 0. The largest absolute Gasteiger partial charge is 0.492 e. The second-order valence-electron chi connectivity index (χ2n) is 10.9. The van der Waals surface area contributed by atoms with Crippen LogP contribution in [0.15, 0.2) is 66.9 Å². The Bertz CT molecular complexity index is 1590. The SMILES string of the molecule is N#Cc1cccnc1N1CCN(C(=O)c2cccc(OC[C@H]3c4ccccc4CN3C3CNNC(=O)C3C(F)(F)F)c2)CC1. The second-order valence-corrected chi connectivity index (χ2v) is 10.9. The van der Waals surface area contributed by atoms with Gasteiger partial charge in [-0.25, -0.2) is 10.4 Å². The molecule has 2 saturated heterocycles. The number of benzene rings is 2. The van der Waals surface area contributed by atoms with Crippen LogP contribution in [0.5, 0.6) is 5.75 Å². The van der Waals surface area contributed by atoms with Gasteiger partial charge in [0.2, 0.25) is 5.91 Å². The number of nitrogens with one attached hydrogen (secondary N) is 2. The molecule has 3 aliphatic heterocycles. The Morgan fingerprint density at radius 1 is 1.07 bits per heavy atom. The smallest absolute Gasteiger partial charge is 0.402 e. The van der Waals surface area contributed by atoms with Crippen molar-refractivity contribution in [3.63, 3.8) is 0 Å². The normalized spacial score (nSPS) is 22.2. The molecule has 3 aromatic rings. The predicted octanol–water partition coefficient (Wildman–Crippen LogP) is 3.03. The fourth-order valence-electron chi connectivity index (χ4n) is 6.25. The first-order chi connectivity index (χ1) is 21.2. The number of hydrazine groups is 1. The molecular weight excluding hydrogens is 575 g/mol. The second kappa shape index (κ2) is 12.1. The van der Waals surface area contributed by atoms with E-state index in [2.05, 4.69) is 21.9 Å². The Labute approximate surface area is 252 Å². The first kappa shape index (κ1) is 29.4. The van der Waals surface area contributed by atoms with E-state index < -0.39 is 30.1 Å². The molecule has 2 aromatic carbocycles. The highest BCUT2D eigenvalue weighted by Crippen LogP contribution is 2.41. The number of aromatic nitrogens is 1. The van der Waals surface area contributed by atoms with Gasteiger partial charge in [-0.05, 0) is 41.5 Å². The number of hydrogen-bond acceptors (Lipinski definition) is 8. The number of alkyl halides is 3. The minimum absolute atomic E-state index is 0.0291. The van der Waals surface area contributed by atoms with Crippen LogP contribution in [-0.2, 0) is 11.3 Å². The standard InChI is InChI=1S/C31H30F3N7O3/c32-31(33,34)27-25(17-37-38-29(27)42)41-18-22-5-1-2-9-24(22)26(41)19-44-23-8-3-6-20(15-23)30(43)40-13-11-39(12-14-40)28-21(16-35)7-4-10-36-28/h1-10,15,25-27,37H,11-14,17-19H2,(H,38,42)/t25?,26-,27?/m0/s1. The number of carbonyl (C=O) groups is 2. The highest BCUT2D eigenvalue weighted by molar-refractivity contribution is 5.94. The van der Waals surface area contributed by atoms with Crippen LogP contribution in [0.4, 0.5) is 19.0 Å². The van der Waals surface area contributed by atoms with E-state index in [9.17, 15) is 28.0 Å². The number of piperazine rings is 1. The summed E-state index contributed by atoms with van der Waals surface area (Å²) in [7, 11) is 0. The summed E-state index contributed by atoms with van der Waals surface area (Å²) in [6.45, 7) is 2.15. The van der Waals surface area contributed by atoms with Crippen molar-refractivity contribution in [1.29, 1.82) is 5.26 Å². The lowest BCUT2D eigenvalue weighted by Gasteiger charge is -2.40. The summed E-state index contributed by atoms with van der Waals surface area (Å²) in [6.07, 6.45) is -3.08. The van der Waals surface area contributed by atoms with E-state index in [0.717, 1.165) is 11.1 Å². The van der Waals surface area contributed by atoms with E-state index in [4.69, 9.17) is 4.74 Å². The molecule has 2 fully saturated rings. The molecule has 3 atom stereocenters. The lowest BCUT2D eigenvalue weighted by Crippen LogP contribution is -2.64. The maximum Gasteiger partial charge on any atom is 0.402 e. The number of anilines is 1. The van der Waals surface area contributed by atoms with Crippen LogP contribution >= 0.6 is 0 Å². The van der Waals surface area contributed by atoms with Crippen molar-refractivity contribution in [1.82, 2.24) is 25.6 Å². The summed E-state index contributed by atoms with van der Waals surface area (Å²) in [5.74, 6) is -2.45. The van der Waals surface area contributed by atoms with Crippen LogP contribution in [-0.4, -0.2) is 78.1 Å². The van der Waals surface area contributed by atoms with Gasteiger partial charge in [-0.1, -0.05) is 30.3 Å². The Morgan fingerprint density at radius 3 is 2.64 bits per heavy atom. The van der Waals surface area contributed by atoms with E-state index in [0.29, 0.717) is 48.9 Å². The number of carbonyl (C=O) groups excluding carboxylic acids is 2. The van der Waals surface area contributed by atoms with Crippen molar-refractivity contribution in [2.24, 2.45) is 5.92 Å². The van der Waals surface area contributed by atoms with Crippen LogP contribution in [0.1, 0.15) is 33.1 Å². The number of pyridine rings is 1. The number of halogens is 3. The van der Waals surface area contributed by atoms with E-state index in [1.165, 1.54) is 0 Å². The first-order valence-electron chi connectivity index (χ1n) is 14.3. The number of hydrogen-bond donors (Lipinski definition) is 2. The molecule has 44 heavy (non-hydrogen) atoms. The molecule has 3 aliphatic rings. The third kappa shape index (κ3) is 5.78. The summed E-state index contributed by atoms with van der Waals surface area (Å²) in [4.78, 5) is 35.4. The van der Waals surface area contributed by atoms with Gasteiger partial charge in [-0.2, -0.15) is 18.4 Å². The summed E-state index contributed by atoms with van der Waals surface area (Å²) in [6, 6.07) is 18.1. The van der Waals surface area contributed by atoms with Crippen LogP contribution in [0, 0.1) is 17.2 Å². The van der Waals surface area contributed by atoms with Crippen molar-refractivity contribution < 1.29 is 27.5 Å². The highest BCUT2D eigenvalue weighted by atomic mass is 19.4. The molecule has 2 amide bonds. The number of ether oxygens (including phenoxy) is 1. The van der Waals surface area contributed by atoms with Crippen molar-refractivity contribution in [2.45, 2.75) is 24.8 Å². The molecule has 0 bridgehead atoms. The van der Waals surface area contributed by atoms with Crippen LogP contribution in [0.25, 0.3) is 0 Å². The van der Waals surface area contributed by atoms with E-state index in [-0.39, 0.29) is 25.6 Å². The van der Waals surface area contributed by atoms with Crippen molar-refractivity contribution in [2.75, 3.05) is 44.2 Å². The summed E-state index contributed by atoms with van der Waals surface area (Å²) in [5, 5.41) is 9.40. The van der Waals surface area contributed by atoms with Crippen molar-refractivity contribution >= 4 is 17.6 Å². The fourth-order valence-corrected chi connectivity index (χ4v) is 6.25. The van der Waals surface area contributed by atoms with Gasteiger partial charge in [-0.3, -0.25) is 19.9 Å². The van der Waals surface area contributed by atoms with Gasteiger partial charge < -0.3 is 14.5 Å². The van der Waals surface area contributed by atoms with Crippen molar-refractivity contribution in [3.05, 3.63) is 89.1 Å². The third-order valence-corrected chi connectivity index (χ3v) is 8.40. The van der Waals surface area contributed by atoms with Gasteiger partial charge in [0, 0.05) is 57.1 Å². The van der Waals surface area contributed by atoms with E-state index >= 15 is 0 Å². The van der Waals surface area contributed by atoms with Crippen LogP contribution in [0.2, 0.25) is 0 Å². The Kier molecular flexibility index (Phi) is 8.11. The zero-order chi connectivity index (χ0) is 30.8. The summed E-state index contributed by atoms with van der Waals surface area (Å²) in [5.41, 5.74) is 7.37. The fraction of sp³-hybridized carbons (Fsp3) is 0.355. The molecule has 0 aliphatic carbocycles. The zero-order valence-corrected chi connectivity index (χ0v) is 23.6. The predicted molar refractivity (Wildman–Crippen MR) is 153 cm³/mol. The highest BCUT2D eigenvalue weighted by Gasteiger charge is 2.55. The van der Waals surface area contributed by atoms with Gasteiger partial charge in [-0.15, -0.1) is 0 Å². The molecule has 0 radical (unpaired) electrons. The Hall–Kier alpha value is -4.67. The summed E-state index contributed by atoms with van der Waals surface area (Å²) < 4.78 is 48.2. The Balaban J connectivity index is 1.15. The quantitative estimate of drug-likeness (QED) is 0.441. The molecule has 228 valence electrons. The molecule has 4 heterocycles.